The Balaban J connectivity index is 1.29. The van der Waals surface area contributed by atoms with Crippen molar-refractivity contribution in [3.05, 3.63) is 89.0 Å². The highest BCUT2D eigenvalue weighted by molar-refractivity contribution is 7.94. The van der Waals surface area contributed by atoms with Gasteiger partial charge in [0.05, 0.1) is 30.5 Å². The lowest BCUT2D eigenvalue weighted by Crippen LogP contribution is -2.31. The van der Waals surface area contributed by atoms with Gasteiger partial charge in [-0.05, 0) is 60.0 Å². The number of halogens is 4. The molecule has 39 heavy (non-hydrogen) atoms. The van der Waals surface area contributed by atoms with Crippen LogP contribution >= 0.6 is 11.3 Å². The predicted molar refractivity (Wildman–Crippen MR) is 141 cm³/mol. The first-order chi connectivity index (χ1) is 18.5. The number of hydrogen-bond donors (Lipinski definition) is 1. The molecule has 0 bridgehead atoms. The number of aromatic nitrogens is 2. The summed E-state index contributed by atoms with van der Waals surface area (Å²) in [4.78, 5) is 12.5. The zero-order valence-corrected chi connectivity index (χ0v) is 22.1. The number of thiophene rings is 1. The predicted octanol–water partition coefficient (Wildman–Crippen LogP) is 5.77. The lowest BCUT2D eigenvalue weighted by Gasteiger charge is -2.19. The van der Waals surface area contributed by atoms with Crippen molar-refractivity contribution in [1.82, 2.24) is 15.1 Å². The van der Waals surface area contributed by atoms with E-state index in [-0.39, 0.29) is 10.8 Å². The maximum Gasteiger partial charge on any atom is 0.416 e. The first kappa shape index (κ1) is 27.1. The Morgan fingerprint density at radius 3 is 2.54 bits per heavy atom. The number of amides is 1. The highest BCUT2D eigenvalue weighted by Crippen LogP contribution is 2.34. The number of aryl methyl sites for hydroxylation is 1. The topological polar surface area (TPSA) is 81.1 Å². The summed E-state index contributed by atoms with van der Waals surface area (Å²) in [5.74, 6) is -2.24. The van der Waals surface area contributed by atoms with Gasteiger partial charge in [-0.3, -0.25) is 9.48 Å². The van der Waals surface area contributed by atoms with Gasteiger partial charge in [-0.2, -0.15) is 18.3 Å². The zero-order valence-electron chi connectivity index (χ0n) is 20.5. The van der Waals surface area contributed by atoms with Crippen LogP contribution < -0.4 is 5.32 Å². The molecule has 0 radical (unpaired) electrons. The second-order valence-electron chi connectivity index (χ2n) is 9.25. The molecule has 0 atom stereocenters. The smallest absolute Gasteiger partial charge is 0.349 e. The maximum atomic E-state index is 15.4. The Labute approximate surface area is 225 Å². The van der Waals surface area contributed by atoms with Gasteiger partial charge in [0.25, 0.3) is 0 Å². The lowest BCUT2D eigenvalue weighted by molar-refractivity contribution is -0.137. The van der Waals surface area contributed by atoms with E-state index < -0.39 is 45.6 Å². The number of carbonyl (C=O) groups excluding carboxylic acids is 1. The second kappa shape index (κ2) is 10.6. The number of hydrogen-bond acceptors (Lipinski definition) is 5. The maximum absolute atomic E-state index is 15.4. The third-order valence-electron chi connectivity index (χ3n) is 6.49. The molecular weight excluding hydrogens is 554 g/mol. The molecule has 0 saturated heterocycles. The highest BCUT2D eigenvalue weighted by Gasteiger charge is 2.30. The van der Waals surface area contributed by atoms with Crippen LogP contribution in [0, 0.1) is 0 Å². The monoisotopic (exact) mass is 577 g/mol. The van der Waals surface area contributed by atoms with Crippen LogP contribution in [0.2, 0.25) is 0 Å². The van der Waals surface area contributed by atoms with Crippen molar-refractivity contribution in [1.29, 1.82) is 0 Å². The summed E-state index contributed by atoms with van der Waals surface area (Å²) >= 11 is 1.07. The third kappa shape index (κ3) is 5.91. The van der Waals surface area contributed by atoms with Crippen molar-refractivity contribution < 1.29 is 30.8 Å². The summed E-state index contributed by atoms with van der Waals surface area (Å²) in [5.41, 5.74) is 1.49. The van der Waals surface area contributed by atoms with Crippen molar-refractivity contribution in [2.45, 2.75) is 36.2 Å². The van der Waals surface area contributed by atoms with Crippen LogP contribution in [0.3, 0.4) is 0 Å². The molecule has 0 unspecified atom stereocenters. The molecule has 12 heteroatoms. The number of allylic oxidation sites excluding steroid dienone is 1. The molecule has 2 aromatic carbocycles. The molecule has 204 valence electrons. The number of sulfone groups is 1. The number of carbonyl (C=O) groups is 1. The van der Waals surface area contributed by atoms with E-state index in [0.717, 1.165) is 39.1 Å². The van der Waals surface area contributed by atoms with E-state index in [2.05, 4.69) is 10.4 Å². The molecule has 6 nitrogen and oxygen atoms in total. The number of nitrogens with zero attached hydrogens (tertiary/aromatic N) is 2. The Kier molecular flexibility index (Phi) is 7.34. The molecule has 0 saturated carbocycles. The van der Waals surface area contributed by atoms with E-state index in [1.54, 1.807) is 35.1 Å². The third-order valence-corrected chi connectivity index (χ3v) is 9.78. The summed E-state index contributed by atoms with van der Waals surface area (Å²) in [6.07, 6.45) is -1.12. The van der Waals surface area contributed by atoms with Gasteiger partial charge < -0.3 is 5.32 Å². The van der Waals surface area contributed by atoms with Gasteiger partial charge >= 0.3 is 6.18 Å². The quantitative estimate of drug-likeness (QED) is 0.283. The van der Waals surface area contributed by atoms with Gasteiger partial charge in [0, 0.05) is 10.3 Å². The molecule has 0 fully saturated rings. The summed E-state index contributed by atoms with van der Waals surface area (Å²) in [6, 6.07) is 13.4. The summed E-state index contributed by atoms with van der Waals surface area (Å²) in [7, 11) is -3.90. The number of rotatable bonds is 7. The molecule has 2 aromatic heterocycles. The van der Waals surface area contributed by atoms with Crippen LogP contribution in [-0.2, 0) is 33.8 Å². The Morgan fingerprint density at radius 2 is 1.82 bits per heavy atom. The first-order valence-electron chi connectivity index (χ1n) is 12.1. The minimum absolute atomic E-state index is 0.0711. The molecule has 0 spiro atoms. The molecule has 5 rings (SSSR count). The van der Waals surface area contributed by atoms with Gasteiger partial charge in [-0.15, -0.1) is 11.3 Å². The molecule has 0 aliphatic heterocycles. The SMILES string of the molecule is O=C(CS(=O)(=O)c1cc2ccccc2s1)NC/C(F)=C1\CCCc2cnn(Cc3ccc(C(F)(F)F)cc3)c21. The average Bonchev–Trinajstić information content (AvgIpc) is 3.52. The van der Waals surface area contributed by atoms with Crippen molar-refractivity contribution in [2.24, 2.45) is 0 Å². The second-order valence-corrected chi connectivity index (χ2v) is 12.5. The van der Waals surface area contributed by atoms with Gasteiger partial charge in [0.2, 0.25) is 5.91 Å². The van der Waals surface area contributed by atoms with Crippen molar-refractivity contribution >= 4 is 42.7 Å². The number of alkyl halides is 3. The van der Waals surface area contributed by atoms with E-state index in [1.165, 1.54) is 18.2 Å². The standard InChI is InChI=1S/C27H23F4N3O3S2/c28-22(14-32-24(35)16-39(36,37)25-12-18-4-1-2-7-23(18)38-25)21-6-3-5-19-13-33-34(26(19)21)15-17-8-10-20(11-9-17)27(29,30)31/h1-2,4,7-13H,3,5-6,14-16H2,(H,32,35)/b22-21-. The minimum atomic E-state index is -4.44. The highest BCUT2D eigenvalue weighted by atomic mass is 32.2. The van der Waals surface area contributed by atoms with Crippen LogP contribution in [-0.4, -0.2) is 36.4 Å². The van der Waals surface area contributed by atoms with E-state index in [4.69, 9.17) is 0 Å². The molecule has 4 aromatic rings. The molecule has 1 amide bonds. The van der Waals surface area contributed by atoms with Gasteiger partial charge in [-0.25, -0.2) is 12.8 Å². The Bertz CT molecular complexity index is 1640. The fourth-order valence-corrected chi connectivity index (χ4v) is 7.22. The normalized spacial score (nSPS) is 15.3. The summed E-state index contributed by atoms with van der Waals surface area (Å²) < 4.78 is 81.9. The molecule has 1 aliphatic rings. The van der Waals surface area contributed by atoms with E-state index in [1.807, 2.05) is 0 Å². The van der Waals surface area contributed by atoms with Crippen molar-refractivity contribution in [2.75, 3.05) is 12.3 Å². The van der Waals surface area contributed by atoms with Crippen LogP contribution in [0.15, 0.2) is 70.8 Å². The van der Waals surface area contributed by atoms with Gasteiger partial charge in [0.15, 0.2) is 9.84 Å². The summed E-state index contributed by atoms with van der Waals surface area (Å²) in [5, 5.41) is 7.45. The van der Waals surface area contributed by atoms with Crippen LogP contribution in [0.1, 0.15) is 35.2 Å². The van der Waals surface area contributed by atoms with Crippen molar-refractivity contribution in [3.63, 3.8) is 0 Å². The van der Waals surface area contributed by atoms with Gasteiger partial charge in [-0.1, -0.05) is 30.3 Å². The fraction of sp³-hybridized carbons (Fsp3) is 0.259. The Morgan fingerprint density at radius 1 is 1.08 bits per heavy atom. The van der Waals surface area contributed by atoms with E-state index in [9.17, 15) is 26.4 Å². The molecular formula is C27H23F4N3O3S2. The van der Waals surface area contributed by atoms with Crippen molar-refractivity contribution in [3.8, 4) is 0 Å². The number of benzene rings is 2. The molecule has 2 heterocycles. The first-order valence-corrected chi connectivity index (χ1v) is 14.5. The number of nitrogens with one attached hydrogen (secondary N) is 1. The largest absolute Gasteiger partial charge is 0.416 e. The molecule has 1 aliphatic carbocycles. The number of fused-ring (bicyclic) bond motifs is 2. The summed E-state index contributed by atoms with van der Waals surface area (Å²) in [6.45, 7) is -0.342. The Hall–Kier alpha value is -3.51. The fourth-order valence-electron chi connectivity index (χ4n) is 4.58. The van der Waals surface area contributed by atoms with E-state index in [0.29, 0.717) is 36.1 Å². The average molecular weight is 578 g/mol. The van der Waals surface area contributed by atoms with Crippen LogP contribution in [0.5, 0.6) is 0 Å². The van der Waals surface area contributed by atoms with E-state index >= 15 is 4.39 Å². The van der Waals surface area contributed by atoms with Crippen LogP contribution in [0.25, 0.3) is 15.7 Å². The minimum Gasteiger partial charge on any atom is -0.349 e. The van der Waals surface area contributed by atoms with Gasteiger partial charge in [0.1, 0.15) is 15.8 Å². The molecule has 1 N–H and O–H groups in total. The van der Waals surface area contributed by atoms with Crippen LogP contribution in [0.4, 0.5) is 17.6 Å². The lowest BCUT2D eigenvalue weighted by atomic mass is 9.92. The zero-order chi connectivity index (χ0) is 27.8.